The average molecular weight is 119 g/mol. The summed E-state index contributed by atoms with van der Waals surface area (Å²) >= 11 is 0. The molecule has 0 aliphatic carbocycles. The predicted octanol–water partition coefficient (Wildman–Crippen LogP) is 1.18. The molecular weight excluding hydrogens is 114 g/mol. The highest BCUT2D eigenvalue weighted by molar-refractivity contribution is 8.78. The number of nitrogens with two attached hydrogens (primary N) is 1. The van der Waals surface area contributed by atoms with E-state index in [1.165, 1.54) is 0 Å². The van der Waals surface area contributed by atoms with E-state index < -0.39 is 0 Å². The van der Waals surface area contributed by atoms with Crippen molar-refractivity contribution in [2.24, 2.45) is 5.73 Å². The molecule has 0 saturated carbocycles. The fourth-order valence-corrected chi connectivity index (χ4v) is 2.09. The van der Waals surface area contributed by atoms with Crippen LogP contribution >= 0.6 is 21.6 Å². The maximum Gasteiger partial charge on any atom is 0.0443 e. The van der Waals surface area contributed by atoms with Gasteiger partial charge in [-0.2, -0.15) is 0 Å². The Morgan fingerprint density at radius 3 is 2.83 bits per heavy atom. The number of rotatable bonds is 0. The summed E-state index contributed by atoms with van der Waals surface area (Å²) in [5.74, 6) is 1.00. The molecule has 2 N–H and O–H groups in total. The zero-order valence-electron chi connectivity index (χ0n) is 3.18. The Morgan fingerprint density at radius 2 is 2.67 bits per heavy atom. The summed E-state index contributed by atoms with van der Waals surface area (Å²) in [6.45, 7) is 0. The van der Waals surface area contributed by atoms with Gasteiger partial charge >= 0.3 is 0 Å². The molecule has 1 rings (SSSR count). The van der Waals surface area contributed by atoms with E-state index >= 15 is 0 Å². The summed E-state index contributed by atoms with van der Waals surface area (Å²) in [6.07, 6.45) is 0. The van der Waals surface area contributed by atoms with Gasteiger partial charge in [0.2, 0.25) is 0 Å². The van der Waals surface area contributed by atoms with Crippen molar-refractivity contribution in [2.45, 2.75) is 0 Å². The van der Waals surface area contributed by atoms with Gasteiger partial charge in [0, 0.05) is 16.9 Å². The molecule has 0 bridgehead atoms. The first kappa shape index (κ1) is 4.40. The largest absolute Gasteiger partial charge is 0.401 e. The van der Waals surface area contributed by atoms with Crippen molar-refractivity contribution in [3.05, 3.63) is 11.1 Å². The molecule has 0 radical (unpaired) electrons. The predicted molar refractivity (Wildman–Crippen MR) is 32.3 cm³/mol. The van der Waals surface area contributed by atoms with Crippen LogP contribution in [0.2, 0.25) is 0 Å². The van der Waals surface area contributed by atoms with Crippen molar-refractivity contribution in [3.63, 3.8) is 0 Å². The Balaban J connectivity index is 2.45. The highest BCUT2D eigenvalue weighted by Crippen LogP contribution is 2.30. The summed E-state index contributed by atoms with van der Waals surface area (Å²) in [4.78, 5) is 0. The monoisotopic (exact) mass is 119 g/mol. The maximum absolute atomic E-state index is 5.35. The lowest BCUT2D eigenvalue weighted by molar-refractivity contribution is 1.36. The van der Waals surface area contributed by atoms with E-state index in [0.717, 1.165) is 11.4 Å². The molecule has 34 valence electrons. The van der Waals surface area contributed by atoms with Crippen molar-refractivity contribution in [2.75, 3.05) is 5.75 Å². The van der Waals surface area contributed by atoms with Crippen LogP contribution < -0.4 is 5.73 Å². The van der Waals surface area contributed by atoms with E-state index in [4.69, 9.17) is 5.73 Å². The van der Waals surface area contributed by atoms with Gasteiger partial charge in [-0.3, -0.25) is 0 Å². The van der Waals surface area contributed by atoms with Gasteiger partial charge in [-0.05, 0) is 0 Å². The molecule has 0 saturated heterocycles. The first-order valence-corrected chi connectivity index (χ1v) is 4.00. The molecule has 0 atom stereocenters. The second kappa shape index (κ2) is 1.80. The Hall–Kier alpha value is 0.240. The fraction of sp³-hybridized carbons (Fsp3) is 0.333. The van der Waals surface area contributed by atoms with Crippen molar-refractivity contribution in [1.82, 2.24) is 0 Å². The molecule has 0 aromatic carbocycles. The minimum absolute atomic E-state index is 1.00. The van der Waals surface area contributed by atoms with E-state index in [2.05, 4.69) is 0 Å². The van der Waals surface area contributed by atoms with Crippen molar-refractivity contribution in [1.29, 1.82) is 0 Å². The van der Waals surface area contributed by atoms with Crippen LogP contribution in [-0.2, 0) is 0 Å². The van der Waals surface area contributed by atoms with E-state index in [9.17, 15) is 0 Å². The average Bonchev–Trinajstić information content (AvgIpc) is 1.86. The van der Waals surface area contributed by atoms with Crippen LogP contribution in [0.4, 0.5) is 0 Å². The van der Waals surface area contributed by atoms with Gasteiger partial charge in [-0.1, -0.05) is 21.6 Å². The molecule has 0 amide bonds. The molecule has 1 nitrogen and oxygen atoms in total. The van der Waals surface area contributed by atoms with Crippen LogP contribution in [0.15, 0.2) is 11.1 Å². The van der Waals surface area contributed by atoms with E-state index in [0.29, 0.717) is 0 Å². The summed E-state index contributed by atoms with van der Waals surface area (Å²) < 4.78 is 0. The fourth-order valence-electron chi connectivity index (χ4n) is 0.232. The molecule has 1 aliphatic rings. The molecule has 0 unspecified atom stereocenters. The van der Waals surface area contributed by atoms with Crippen LogP contribution in [0.3, 0.4) is 0 Å². The minimum atomic E-state index is 1.00. The molecular formula is C3H5NS2. The molecule has 0 aromatic heterocycles. The van der Waals surface area contributed by atoms with E-state index in [1.54, 1.807) is 21.6 Å². The van der Waals surface area contributed by atoms with Crippen LogP contribution in [0.1, 0.15) is 0 Å². The molecule has 0 aromatic rings. The molecule has 0 spiro atoms. The Labute approximate surface area is 44.8 Å². The molecule has 1 heterocycles. The standard InChI is InChI=1S/C3H5NS2/c4-3-1-5-6-2-3/h1H,2,4H2. The van der Waals surface area contributed by atoms with Gasteiger partial charge in [0.05, 0.1) is 0 Å². The molecule has 0 fully saturated rings. The highest BCUT2D eigenvalue weighted by atomic mass is 33.1. The third-order valence-electron chi connectivity index (χ3n) is 0.493. The zero-order valence-corrected chi connectivity index (χ0v) is 4.81. The van der Waals surface area contributed by atoms with Crippen LogP contribution in [0.5, 0.6) is 0 Å². The van der Waals surface area contributed by atoms with Crippen molar-refractivity contribution < 1.29 is 0 Å². The zero-order chi connectivity index (χ0) is 4.41. The normalized spacial score (nSPS) is 21.0. The van der Waals surface area contributed by atoms with Gasteiger partial charge in [0.15, 0.2) is 0 Å². The Bertz CT molecular complexity index is 78.9. The molecule has 6 heavy (non-hydrogen) atoms. The second-order valence-electron chi connectivity index (χ2n) is 1.05. The number of hydrogen-bond acceptors (Lipinski definition) is 3. The van der Waals surface area contributed by atoms with E-state index in [-0.39, 0.29) is 0 Å². The second-order valence-corrected chi connectivity index (χ2v) is 3.29. The minimum Gasteiger partial charge on any atom is -0.401 e. The first-order chi connectivity index (χ1) is 2.89. The highest BCUT2D eigenvalue weighted by Gasteiger charge is 1.97. The van der Waals surface area contributed by atoms with Crippen LogP contribution in [-0.4, -0.2) is 5.75 Å². The molecule has 3 heteroatoms. The third-order valence-corrected chi connectivity index (χ3v) is 2.53. The lowest BCUT2D eigenvalue weighted by Crippen LogP contribution is -1.93. The lowest BCUT2D eigenvalue weighted by atomic mass is 10.6. The van der Waals surface area contributed by atoms with Crippen LogP contribution in [0.25, 0.3) is 0 Å². The topological polar surface area (TPSA) is 26.0 Å². The third kappa shape index (κ3) is 0.849. The summed E-state index contributed by atoms with van der Waals surface area (Å²) in [6, 6.07) is 0. The van der Waals surface area contributed by atoms with E-state index in [1.807, 2.05) is 5.41 Å². The van der Waals surface area contributed by atoms with Crippen molar-refractivity contribution >= 4 is 21.6 Å². The smallest absolute Gasteiger partial charge is 0.0443 e. The Kier molecular flexibility index (Phi) is 1.32. The van der Waals surface area contributed by atoms with Gasteiger partial charge in [0.25, 0.3) is 0 Å². The van der Waals surface area contributed by atoms with Gasteiger partial charge in [-0.15, -0.1) is 0 Å². The maximum atomic E-state index is 5.35. The molecule has 1 aliphatic heterocycles. The first-order valence-electron chi connectivity index (χ1n) is 1.62. The van der Waals surface area contributed by atoms with Gasteiger partial charge in [-0.25, -0.2) is 0 Å². The Morgan fingerprint density at radius 1 is 1.83 bits per heavy atom. The van der Waals surface area contributed by atoms with Crippen molar-refractivity contribution in [3.8, 4) is 0 Å². The van der Waals surface area contributed by atoms with Gasteiger partial charge < -0.3 is 5.73 Å². The SMILES string of the molecule is NC1=CSSC1. The quantitative estimate of drug-likeness (QED) is 0.485. The summed E-state index contributed by atoms with van der Waals surface area (Å²) in [7, 11) is 3.49. The number of hydrogen-bond donors (Lipinski definition) is 1. The summed E-state index contributed by atoms with van der Waals surface area (Å²) in [5.41, 5.74) is 6.36. The van der Waals surface area contributed by atoms with Gasteiger partial charge in [0.1, 0.15) is 0 Å². The summed E-state index contributed by atoms with van der Waals surface area (Å²) in [5, 5.41) is 1.98. The van der Waals surface area contributed by atoms with Crippen LogP contribution in [0, 0.1) is 0 Å². The lowest BCUT2D eigenvalue weighted by Gasteiger charge is -1.79.